The Kier molecular flexibility index (Phi) is 8.28. The predicted molar refractivity (Wildman–Crippen MR) is 259 cm³/mol. The molecule has 64 heavy (non-hydrogen) atoms. The molecule has 0 bridgehead atoms. The molecule has 9 aromatic rings. The quantitative estimate of drug-likeness (QED) is 0.161. The van der Waals surface area contributed by atoms with E-state index in [0.717, 1.165) is 44.8 Å². The summed E-state index contributed by atoms with van der Waals surface area (Å²) in [7, 11) is 0. The molecule has 0 aliphatic heterocycles. The standard InChI is InChI=1S/C61H45F2N/c1-59(2)51-23-15-14-22-46(51)48-30-26-44(36-53(48)59)64(45-27-31-49-47-28-24-39(38-16-8-5-9-17-38)32-52(47)60(3,4)54(49)37-45)57-35-43(63)34-56-58(57)50-29-25-42(62)33-55(50)61(56,40-18-10-6-11-19-40)41-20-12-7-13-21-41/h5-37H,1-4H3. The molecule has 0 saturated heterocycles. The van der Waals surface area contributed by atoms with Gasteiger partial charge < -0.3 is 4.90 Å². The number of halogens is 2. The molecule has 0 radical (unpaired) electrons. The second-order valence-electron chi connectivity index (χ2n) is 18.7. The monoisotopic (exact) mass is 829 g/mol. The summed E-state index contributed by atoms with van der Waals surface area (Å²) in [5, 5.41) is 0. The van der Waals surface area contributed by atoms with Crippen molar-refractivity contribution in [2.45, 2.75) is 43.9 Å². The summed E-state index contributed by atoms with van der Waals surface area (Å²) >= 11 is 0. The summed E-state index contributed by atoms with van der Waals surface area (Å²) in [6, 6.07) is 68.5. The first-order chi connectivity index (χ1) is 31.1. The van der Waals surface area contributed by atoms with Gasteiger partial charge in [0, 0.05) is 27.8 Å². The van der Waals surface area contributed by atoms with E-state index in [9.17, 15) is 0 Å². The summed E-state index contributed by atoms with van der Waals surface area (Å²) < 4.78 is 33.1. The molecule has 308 valence electrons. The van der Waals surface area contributed by atoms with Crippen molar-refractivity contribution in [2.75, 3.05) is 4.90 Å². The first-order valence-electron chi connectivity index (χ1n) is 22.2. The zero-order chi connectivity index (χ0) is 43.5. The Morgan fingerprint density at radius 1 is 0.344 bits per heavy atom. The number of anilines is 3. The summed E-state index contributed by atoms with van der Waals surface area (Å²) in [5.74, 6) is -0.697. The van der Waals surface area contributed by atoms with E-state index >= 15 is 8.78 Å². The van der Waals surface area contributed by atoms with E-state index in [1.165, 1.54) is 55.6 Å². The van der Waals surface area contributed by atoms with Gasteiger partial charge in [0.25, 0.3) is 0 Å². The highest BCUT2D eigenvalue weighted by Crippen LogP contribution is 2.61. The van der Waals surface area contributed by atoms with Crippen molar-refractivity contribution in [3.8, 4) is 44.5 Å². The fraction of sp³-hybridized carbons (Fsp3) is 0.115. The Balaban J connectivity index is 1.14. The van der Waals surface area contributed by atoms with Gasteiger partial charge in [0.1, 0.15) is 11.6 Å². The van der Waals surface area contributed by atoms with Crippen LogP contribution in [0.4, 0.5) is 25.8 Å². The summed E-state index contributed by atoms with van der Waals surface area (Å²) in [5.41, 5.74) is 18.4. The van der Waals surface area contributed by atoms with Gasteiger partial charge in [-0.15, -0.1) is 0 Å². The molecule has 0 aromatic heterocycles. The Morgan fingerprint density at radius 3 is 1.45 bits per heavy atom. The van der Waals surface area contributed by atoms with Crippen molar-refractivity contribution in [1.82, 2.24) is 0 Å². The van der Waals surface area contributed by atoms with Gasteiger partial charge in [0.05, 0.1) is 11.1 Å². The number of hydrogen-bond donors (Lipinski definition) is 0. The average molecular weight is 830 g/mol. The normalized spacial score (nSPS) is 15.1. The molecule has 3 aliphatic carbocycles. The van der Waals surface area contributed by atoms with Crippen molar-refractivity contribution in [2.24, 2.45) is 0 Å². The van der Waals surface area contributed by atoms with Crippen LogP contribution in [0.3, 0.4) is 0 Å². The molecule has 0 atom stereocenters. The molecular weight excluding hydrogens is 785 g/mol. The molecule has 0 spiro atoms. The van der Waals surface area contributed by atoms with Crippen LogP contribution in [0.25, 0.3) is 44.5 Å². The molecule has 0 fully saturated rings. The van der Waals surface area contributed by atoms with E-state index in [1.54, 1.807) is 24.3 Å². The Morgan fingerprint density at radius 2 is 0.828 bits per heavy atom. The van der Waals surface area contributed by atoms with Gasteiger partial charge in [-0.05, 0) is 138 Å². The molecule has 0 N–H and O–H groups in total. The van der Waals surface area contributed by atoms with E-state index in [0.29, 0.717) is 5.69 Å². The highest BCUT2D eigenvalue weighted by molar-refractivity contribution is 5.99. The van der Waals surface area contributed by atoms with Crippen LogP contribution >= 0.6 is 0 Å². The zero-order valence-corrected chi connectivity index (χ0v) is 36.3. The fourth-order valence-corrected chi connectivity index (χ4v) is 11.6. The number of benzene rings is 9. The lowest BCUT2D eigenvalue weighted by Gasteiger charge is -2.35. The van der Waals surface area contributed by atoms with Crippen molar-refractivity contribution in [3.63, 3.8) is 0 Å². The van der Waals surface area contributed by atoms with Crippen LogP contribution in [0.2, 0.25) is 0 Å². The van der Waals surface area contributed by atoms with Gasteiger partial charge >= 0.3 is 0 Å². The summed E-state index contributed by atoms with van der Waals surface area (Å²) in [4.78, 5) is 2.26. The highest BCUT2D eigenvalue weighted by atomic mass is 19.1. The minimum Gasteiger partial charge on any atom is -0.310 e. The van der Waals surface area contributed by atoms with Crippen LogP contribution in [0.1, 0.15) is 72.2 Å². The molecule has 1 nitrogen and oxygen atoms in total. The van der Waals surface area contributed by atoms with Crippen LogP contribution < -0.4 is 4.90 Å². The number of hydrogen-bond acceptors (Lipinski definition) is 1. The third kappa shape index (κ3) is 5.34. The molecular formula is C61H45F2N. The molecule has 3 heteroatoms. The van der Waals surface area contributed by atoms with E-state index in [1.807, 2.05) is 42.5 Å². The van der Waals surface area contributed by atoms with Crippen LogP contribution in [0, 0.1) is 11.6 Å². The SMILES string of the molecule is CC1(C)c2ccccc2-c2ccc(N(c3ccc4c(c3)C(C)(C)c3cc(-c5ccccc5)ccc3-4)c3cc(F)cc4c3-c3ccc(F)cc3C4(c3ccccc3)c3ccccc3)cc21. The third-order valence-electron chi connectivity index (χ3n) is 14.6. The predicted octanol–water partition coefficient (Wildman–Crippen LogP) is 16.1. The Labute approximate surface area is 374 Å². The molecule has 3 aliphatic rings. The Hall–Kier alpha value is -7.36. The minimum atomic E-state index is -1.00. The lowest BCUT2D eigenvalue weighted by Crippen LogP contribution is -2.29. The van der Waals surface area contributed by atoms with Gasteiger partial charge in [0.2, 0.25) is 0 Å². The van der Waals surface area contributed by atoms with E-state index in [2.05, 4.69) is 166 Å². The van der Waals surface area contributed by atoms with Crippen LogP contribution in [-0.2, 0) is 16.2 Å². The minimum absolute atomic E-state index is 0.268. The van der Waals surface area contributed by atoms with Crippen LogP contribution in [0.5, 0.6) is 0 Å². The first kappa shape index (κ1) is 38.3. The van der Waals surface area contributed by atoms with Gasteiger partial charge in [0.15, 0.2) is 0 Å². The molecule has 0 amide bonds. The maximum atomic E-state index is 17.2. The average Bonchev–Trinajstić information content (AvgIpc) is 3.83. The second kappa shape index (κ2) is 13.8. The van der Waals surface area contributed by atoms with Crippen molar-refractivity contribution in [1.29, 1.82) is 0 Å². The lowest BCUT2D eigenvalue weighted by atomic mass is 9.67. The Bertz CT molecular complexity index is 3310. The van der Waals surface area contributed by atoms with Crippen LogP contribution in [-0.4, -0.2) is 0 Å². The summed E-state index contributed by atoms with van der Waals surface area (Å²) in [6.07, 6.45) is 0. The maximum absolute atomic E-state index is 17.2. The number of rotatable bonds is 6. The lowest BCUT2D eigenvalue weighted by molar-refractivity contribution is 0.616. The molecule has 9 aromatic carbocycles. The molecule has 0 saturated carbocycles. The van der Waals surface area contributed by atoms with Gasteiger partial charge in [-0.2, -0.15) is 0 Å². The van der Waals surface area contributed by atoms with Gasteiger partial charge in [-0.25, -0.2) is 8.78 Å². The largest absolute Gasteiger partial charge is 0.310 e. The van der Waals surface area contributed by atoms with E-state index in [-0.39, 0.29) is 22.5 Å². The third-order valence-corrected chi connectivity index (χ3v) is 14.6. The maximum Gasteiger partial charge on any atom is 0.125 e. The molecule has 12 rings (SSSR count). The van der Waals surface area contributed by atoms with E-state index in [4.69, 9.17) is 0 Å². The topological polar surface area (TPSA) is 3.24 Å². The summed E-state index contributed by atoms with van der Waals surface area (Å²) in [6.45, 7) is 9.22. The molecule has 0 unspecified atom stereocenters. The van der Waals surface area contributed by atoms with Crippen LogP contribution in [0.15, 0.2) is 200 Å². The fourth-order valence-electron chi connectivity index (χ4n) is 11.6. The number of fused-ring (bicyclic) bond motifs is 9. The molecule has 0 heterocycles. The van der Waals surface area contributed by atoms with Gasteiger partial charge in [-0.3, -0.25) is 0 Å². The first-order valence-corrected chi connectivity index (χ1v) is 22.2. The number of nitrogens with zero attached hydrogens (tertiary/aromatic N) is 1. The zero-order valence-electron chi connectivity index (χ0n) is 36.3. The van der Waals surface area contributed by atoms with Crippen molar-refractivity contribution < 1.29 is 8.78 Å². The van der Waals surface area contributed by atoms with Crippen molar-refractivity contribution in [3.05, 3.63) is 256 Å². The smallest absolute Gasteiger partial charge is 0.125 e. The second-order valence-corrected chi connectivity index (χ2v) is 18.7. The van der Waals surface area contributed by atoms with E-state index < -0.39 is 5.41 Å². The highest BCUT2D eigenvalue weighted by Gasteiger charge is 2.49. The van der Waals surface area contributed by atoms with Gasteiger partial charge in [-0.1, -0.05) is 173 Å². The van der Waals surface area contributed by atoms with Crippen molar-refractivity contribution >= 4 is 17.1 Å².